The minimum Gasteiger partial charge on any atom is -0.397 e. The minimum atomic E-state index is -3.69. The van der Waals surface area contributed by atoms with E-state index >= 15 is 0 Å². The maximum atomic E-state index is 11.4. The molecule has 1 aromatic carbocycles. The van der Waals surface area contributed by atoms with Gasteiger partial charge in [0.05, 0.1) is 16.3 Å². The lowest BCUT2D eigenvalue weighted by Crippen LogP contribution is -2.35. The summed E-state index contributed by atoms with van der Waals surface area (Å²) in [5, 5.41) is 5.14. The van der Waals surface area contributed by atoms with Gasteiger partial charge < -0.3 is 10.6 Å². The fraction of sp³-hybridized carbons (Fsp3) is 0.571. The standard InChI is InChI=1S/C14H21N3O2S/c15-12-9-11(20(16,18)19)5-6-14(12)17-8-7-10-3-1-2-4-13(10)17/h5-6,9-10,13H,1-4,7-8,15H2,(H2,16,18,19). The Morgan fingerprint density at radius 2 is 1.90 bits per heavy atom. The molecule has 0 amide bonds. The Bertz CT molecular complexity index is 615. The number of rotatable bonds is 2. The van der Waals surface area contributed by atoms with Crippen LogP contribution < -0.4 is 15.8 Å². The highest BCUT2D eigenvalue weighted by Gasteiger charge is 2.36. The molecule has 20 heavy (non-hydrogen) atoms. The second-order valence-electron chi connectivity index (χ2n) is 5.86. The molecule has 2 fully saturated rings. The molecule has 3 rings (SSSR count). The monoisotopic (exact) mass is 295 g/mol. The lowest BCUT2D eigenvalue weighted by atomic mass is 9.85. The SMILES string of the molecule is Nc1cc(S(N)(=O)=O)ccc1N1CCC2CCCCC21. The van der Waals surface area contributed by atoms with Gasteiger partial charge in [0.15, 0.2) is 0 Å². The quantitative estimate of drug-likeness (QED) is 0.812. The average Bonchev–Trinajstić information content (AvgIpc) is 2.81. The topological polar surface area (TPSA) is 89.4 Å². The third-order valence-corrected chi connectivity index (χ3v) is 5.56. The van der Waals surface area contributed by atoms with Crippen molar-refractivity contribution in [2.75, 3.05) is 17.2 Å². The van der Waals surface area contributed by atoms with Crippen LogP contribution in [0, 0.1) is 5.92 Å². The average molecular weight is 295 g/mol. The number of nitrogen functional groups attached to an aromatic ring is 1. The molecular weight excluding hydrogens is 274 g/mol. The van der Waals surface area contributed by atoms with Crippen LogP contribution in [0.25, 0.3) is 0 Å². The van der Waals surface area contributed by atoms with Gasteiger partial charge in [-0.2, -0.15) is 0 Å². The Balaban J connectivity index is 1.91. The third-order valence-electron chi connectivity index (χ3n) is 4.65. The first kappa shape index (κ1) is 13.7. The van der Waals surface area contributed by atoms with E-state index in [-0.39, 0.29) is 4.90 Å². The first-order chi connectivity index (χ1) is 9.47. The van der Waals surface area contributed by atoms with Gasteiger partial charge in [0.1, 0.15) is 0 Å². The predicted molar refractivity (Wildman–Crippen MR) is 79.9 cm³/mol. The van der Waals surface area contributed by atoms with E-state index in [0.29, 0.717) is 11.7 Å². The molecule has 5 nitrogen and oxygen atoms in total. The van der Waals surface area contributed by atoms with Crippen molar-refractivity contribution < 1.29 is 8.42 Å². The van der Waals surface area contributed by atoms with Crippen molar-refractivity contribution in [3.8, 4) is 0 Å². The number of anilines is 2. The van der Waals surface area contributed by atoms with Crippen LogP contribution in [0.15, 0.2) is 23.1 Å². The van der Waals surface area contributed by atoms with Crippen molar-refractivity contribution in [1.82, 2.24) is 0 Å². The summed E-state index contributed by atoms with van der Waals surface area (Å²) in [6.07, 6.45) is 6.32. The normalized spacial score (nSPS) is 26.6. The van der Waals surface area contributed by atoms with E-state index in [1.54, 1.807) is 12.1 Å². The fourth-order valence-corrected chi connectivity index (χ4v) is 4.23. The Morgan fingerprint density at radius 3 is 2.60 bits per heavy atom. The van der Waals surface area contributed by atoms with Crippen LogP contribution in [-0.2, 0) is 10.0 Å². The van der Waals surface area contributed by atoms with E-state index in [2.05, 4.69) is 4.90 Å². The highest BCUT2D eigenvalue weighted by Crippen LogP contribution is 2.40. The van der Waals surface area contributed by atoms with Gasteiger partial charge in [-0.3, -0.25) is 0 Å². The van der Waals surface area contributed by atoms with Gasteiger partial charge in [0.2, 0.25) is 10.0 Å². The van der Waals surface area contributed by atoms with Gasteiger partial charge in [-0.1, -0.05) is 12.8 Å². The Labute approximate surface area is 120 Å². The zero-order valence-corrected chi connectivity index (χ0v) is 12.3. The summed E-state index contributed by atoms with van der Waals surface area (Å²) in [6.45, 7) is 1.01. The van der Waals surface area contributed by atoms with Crippen molar-refractivity contribution in [2.24, 2.45) is 11.1 Å². The molecule has 0 spiro atoms. The molecule has 1 aliphatic carbocycles. The van der Waals surface area contributed by atoms with Crippen molar-refractivity contribution in [3.05, 3.63) is 18.2 Å². The van der Waals surface area contributed by atoms with Gasteiger partial charge >= 0.3 is 0 Å². The first-order valence-electron chi connectivity index (χ1n) is 7.16. The highest BCUT2D eigenvalue weighted by molar-refractivity contribution is 7.89. The van der Waals surface area contributed by atoms with Crippen molar-refractivity contribution in [2.45, 2.75) is 43.0 Å². The van der Waals surface area contributed by atoms with Crippen LogP contribution in [0.3, 0.4) is 0 Å². The summed E-state index contributed by atoms with van der Waals surface area (Å²) in [5.74, 6) is 0.765. The molecule has 1 heterocycles. The van der Waals surface area contributed by atoms with Crippen LogP contribution in [0.1, 0.15) is 32.1 Å². The molecule has 0 bridgehead atoms. The van der Waals surface area contributed by atoms with Crippen molar-refractivity contribution >= 4 is 21.4 Å². The fourth-order valence-electron chi connectivity index (χ4n) is 3.68. The lowest BCUT2D eigenvalue weighted by molar-refractivity contribution is 0.342. The second-order valence-corrected chi connectivity index (χ2v) is 7.42. The van der Waals surface area contributed by atoms with Gasteiger partial charge in [-0.05, 0) is 43.4 Å². The molecule has 6 heteroatoms. The lowest BCUT2D eigenvalue weighted by Gasteiger charge is -2.33. The second kappa shape index (κ2) is 4.93. The highest BCUT2D eigenvalue weighted by atomic mass is 32.2. The zero-order chi connectivity index (χ0) is 14.3. The van der Waals surface area contributed by atoms with E-state index in [1.165, 1.54) is 38.2 Å². The molecule has 4 N–H and O–H groups in total. The van der Waals surface area contributed by atoms with Crippen LogP contribution in [0.2, 0.25) is 0 Å². The molecule has 110 valence electrons. The minimum absolute atomic E-state index is 0.0816. The van der Waals surface area contributed by atoms with E-state index in [0.717, 1.165) is 18.2 Å². The number of primary sulfonamides is 1. The van der Waals surface area contributed by atoms with Crippen LogP contribution >= 0.6 is 0 Å². The number of hydrogen-bond donors (Lipinski definition) is 2. The molecule has 1 aliphatic heterocycles. The molecule has 2 atom stereocenters. The molecule has 1 aromatic rings. The van der Waals surface area contributed by atoms with Gasteiger partial charge in [0.25, 0.3) is 0 Å². The zero-order valence-electron chi connectivity index (χ0n) is 11.5. The summed E-state index contributed by atoms with van der Waals surface area (Å²) >= 11 is 0. The Hall–Kier alpha value is -1.27. The maximum Gasteiger partial charge on any atom is 0.238 e. The summed E-state index contributed by atoms with van der Waals surface area (Å²) in [5.41, 5.74) is 7.51. The molecule has 0 radical (unpaired) electrons. The Morgan fingerprint density at radius 1 is 1.15 bits per heavy atom. The summed E-state index contributed by atoms with van der Waals surface area (Å²) in [6, 6.07) is 5.38. The number of fused-ring (bicyclic) bond motifs is 1. The van der Waals surface area contributed by atoms with E-state index in [1.807, 2.05) is 0 Å². The smallest absolute Gasteiger partial charge is 0.238 e. The van der Waals surface area contributed by atoms with Crippen LogP contribution in [0.5, 0.6) is 0 Å². The molecule has 2 unspecified atom stereocenters. The van der Waals surface area contributed by atoms with E-state index in [4.69, 9.17) is 10.9 Å². The maximum absolute atomic E-state index is 11.4. The summed E-state index contributed by atoms with van der Waals surface area (Å²) in [7, 11) is -3.69. The molecule has 2 aliphatic rings. The van der Waals surface area contributed by atoms with Gasteiger partial charge in [-0.15, -0.1) is 0 Å². The molecule has 1 saturated heterocycles. The first-order valence-corrected chi connectivity index (χ1v) is 8.70. The summed E-state index contributed by atoms with van der Waals surface area (Å²) < 4.78 is 22.7. The van der Waals surface area contributed by atoms with E-state index in [9.17, 15) is 8.42 Å². The van der Waals surface area contributed by atoms with Gasteiger partial charge in [-0.25, -0.2) is 13.6 Å². The third kappa shape index (κ3) is 2.38. The number of nitrogens with zero attached hydrogens (tertiary/aromatic N) is 1. The largest absolute Gasteiger partial charge is 0.397 e. The van der Waals surface area contributed by atoms with E-state index < -0.39 is 10.0 Å². The number of hydrogen-bond acceptors (Lipinski definition) is 4. The molecular formula is C14H21N3O2S. The Kier molecular flexibility index (Phi) is 3.38. The van der Waals surface area contributed by atoms with Gasteiger partial charge in [0, 0.05) is 12.6 Å². The van der Waals surface area contributed by atoms with Crippen molar-refractivity contribution in [1.29, 1.82) is 0 Å². The van der Waals surface area contributed by atoms with Crippen LogP contribution in [-0.4, -0.2) is 21.0 Å². The number of benzene rings is 1. The number of sulfonamides is 1. The number of nitrogens with two attached hydrogens (primary N) is 2. The van der Waals surface area contributed by atoms with Crippen LogP contribution in [0.4, 0.5) is 11.4 Å². The molecule has 1 saturated carbocycles. The predicted octanol–water partition coefficient (Wildman–Crippen LogP) is 1.69. The molecule has 0 aromatic heterocycles. The van der Waals surface area contributed by atoms with Crippen molar-refractivity contribution in [3.63, 3.8) is 0 Å². The summed E-state index contributed by atoms with van der Waals surface area (Å²) in [4.78, 5) is 2.43.